The molecule has 138 valence electrons. The molecule has 0 atom stereocenters. The van der Waals surface area contributed by atoms with E-state index in [-0.39, 0.29) is 17.3 Å². The molecular formula is C19H20O6S. The van der Waals surface area contributed by atoms with Crippen molar-refractivity contribution in [2.24, 2.45) is 0 Å². The lowest BCUT2D eigenvalue weighted by Gasteiger charge is -2.12. The predicted octanol–water partition coefficient (Wildman–Crippen LogP) is 3.31. The van der Waals surface area contributed by atoms with E-state index >= 15 is 0 Å². The average Bonchev–Trinajstić information content (AvgIpc) is 2.61. The molecule has 0 aliphatic carbocycles. The zero-order chi connectivity index (χ0) is 19.2. The van der Waals surface area contributed by atoms with E-state index in [1.165, 1.54) is 19.2 Å². The number of esters is 1. The van der Waals surface area contributed by atoms with E-state index in [1.807, 2.05) is 6.92 Å². The summed E-state index contributed by atoms with van der Waals surface area (Å²) in [7, 11) is -2.59. The number of carbonyl (C=O) groups excluding carboxylic acids is 1. The maximum absolute atomic E-state index is 12.5. The highest BCUT2D eigenvalue weighted by Crippen LogP contribution is 2.25. The van der Waals surface area contributed by atoms with Crippen LogP contribution in [0.25, 0.3) is 5.76 Å². The van der Waals surface area contributed by atoms with Gasteiger partial charge in [-0.05, 0) is 50.2 Å². The summed E-state index contributed by atoms with van der Waals surface area (Å²) in [5.41, 5.74) is 1.32. The Bertz CT molecular complexity index is 881. The predicted molar refractivity (Wildman–Crippen MR) is 97.1 cm³/mol. The van der Waals surface area contributed by atoms with Crippen LogP contribution in [0, 0.1) is 6.92 Å². The Kier molecular flexibility index (Phi) is 6.41. The molecule has 0 heterocycles. The van der Waals surface area contributed by atoms with Crippen LogP contribution in [0.3, 0.4) is 0 Å². The van der Waals surface area contributed by atoms with Gasteiger partial charge >= 0.3 is 16.1 Å². The highest BCUT2D eigenvalue weighted by Gasteiger charge is 2.20. The van der Waals surface area contributed by atoms with Crippen LogP contribution in [-0.4, -0.2) is 28.1 Å². The van der Waals surface area contributed by atoms with Crippen LogP contribution in [0.5, 0.6) is 5.75 Å². The van der Waals surface area contributed by atoms with Crippen LogP contribution in [0.4, 0.5) is 0 Å². The summed E-state index contributed by atoms with van der Waals surface area (Å²) in [4.78, 5) is 11.8. The highest BCUT2D eigenvalue weighted by molar-refractivity contribution is 7.87. The third-order valence-corrected chi connectivity index (χ3v) is 4.67. The Balaban J connectivity index is 2.39. The minimum atomic E-state index is -4.11. The highest BCUT2D eigenvalue weighted by atomic mass is 32.2. The molecule has 2 aromatic carbocycles. The zero-order valence-electron chi connectivity index (χ0n) is 14.8. The molecule has 0 saturated heterocycles. The Hall–Kier alpha value is -2.80. The summed E-state index contributed by atoms with van der Waals surface area (Å²) in [6.07, 6.45) is 1.01. The van der Waals surface area contributed by atoms with Gasteiger partial charge in [0.15, 0.2) is 5.76 Å². The molecule has 0 aromatic heterocycles. The van der Waals surface area contributed by atoms with Gasteiger partial charge in [-0.1, -0.05) is 17.7 Å². The SMILES string of the molecule is CCOC(=O)/C=C(/OS(=O)(=O)c1ccc(C)cc1)c1ccc(OC)cc1. The largest absolute Gasteiger partial charge is 0.497 e. The molecule has 0 N–H and O–H groups in total. The summed E-state index contributed by atoms with van der Waals surface area (Å²) >= 11 is 0. The maximum atomic E-state index is 12.5. The van der Waals surface area contributed by atoms with Crippen LogP contribution in [-0.2, 0) is 23.8 Å². The third-order valence-electron chi connectivity index (χ3n) is 3.42. The molecule has 26 heavy (non-hydrogen) atoms. The van der Waals surface area contributed by atoms with Crippen LogP contribution in [0.15, 0.2) is 59.5 Å². The fourth-order valence-corrected chi connectivity index (χ4v) is 3.02. The van der Waals surface area contributed by atoms with Gasteiger partial charge in [-0.25, -0.2) is 4.79 Å². The molecule has 0 aliphatic rings. The quantitative estimate of drug-likeness (QED) is 0.319. The first kappa shape index (κ1) is 19.5. The number of aryl methyl sites for hydroxylation is 1. The number of rotatable bonds is 7. The number of carbonyl (C=O) groups is 1. The monoisotopic (exact) mass is 376 g/mol. The normalized spacial score (nSPS) is 11.7. The molecule has 0 spiro atoms. The third kappa shape index (κ3) is 5.10. The molecule has 0 aliphatic heterocycles. The lowest BCUT2D eigenvalue weighted by atomic mass is 10.2. The van der Waals surface area contributed by atoms with Crippen molar-refractivity contribution in [2.75, 3.05) is 13.7 Å². The van der Waals surface area contributed by atoms with Crippen molar-refractivity contribution >= 4 is 21.8 Å². The molecule has 2 rings (SSSR count). The second-order valence-corrected chi connectivity index (χ2v) is 6.89. The van der Waals surface area contributed by atoms with Gasteiger partial charge in [0.2, 0.25) is 0 Å². The Morgan fingerprint density at radius 2 is 1.65 bits per heavy atom. The second kappa shape index (κ2) is 8.53. The minimum Gasteiger partial charge on any atom is -0.497 e. The van der Waals surface area contributed by atoms with Crippen LogP contribution in [0.2, 0.25) is 0 Å². The van der Waals surface area contributed by atoms with Crippen molar-refractivity contribution in [1.82, 2.24) is 0 Å². The zero-order valence-corrected chi connectivity index (χ0v) is 15.6. The topological polar surface area (TPSA) is 78.9 Å². The Morgan fingerprint density at radius 3 is 2.19 bits per heavy atom. The number of hydrogen-bond acceptors (Lipinski definition) is 6. The molecule has 0 unspecified atom stereocenters. The standard InChI is InChI=1S/C19H20O6S/c1-4-24-19(20)13-18(15-7-9-16(23-3)10-8-15)25-26(21,22)17-11-5-14(2)6-12-17/h5-13H,4H2,1-3H3/b18-13+. The molecule has 0 amide bonds. The molecule has 0 radical (unpaired) electrons. The lowest BCUT2D eigenvalue weighted by Crippen LogP contribution is -2.09. The van der Waals surface area contributed by atoms with E-state index in [0.717, 1.165) is 11.6 Å². The molecule has 0 saturated carbocycles. The molecule has 0 fully saturated rings. The fourth-order valence-electron chi connectivity index (χ4n) is 2.07. The summed E-state index contributed by atoms with van der Waals surface area (Å²) in [5.74, 6) is -0.241. The van der Waals surface area contributed by atoms with Crippen molar-refractivity contribution in [1.29, 1.82) is 0 Å². The van der Waals surface area contributed by atoms with Crippen molar-refractivity contribution in [3.63, 3.8) is 0 Å². The molecular weight excluding hydrogens is 356 g/mol. The fraction of sp³-hybridized carbons (Fsp3) is 0.211. The van der Waals surface area contributed by atoms with Crippen LogP contribution in [0.1, 0.15) is 18.1 Å². The van der Waals surface area contributed by atoms with Gasteiger partial charge in [0.1, 0.15) is 10.6 Å². The Labute approximate surface area is 153 Å². The van der Waals surface area contributed by atoms with E-state index in [1.54, 1.807) is 43.3 Å². The van der Waals surface area contributed by atoms with Gasteiger partial charge in [-0.3, -0.25) is 0 Å². The number of methoxy groups -OCH3 is 1. The van der Waals surface area contributed by atoms with Crippen molar-refractivity contribution in [3.05, 3.63) is 65.7 Å². The summed E-state index contributed by atoms with van der Waals surface area (Å²) in [5, 5.41) is 0. The van der Waals surface area contributed by atoms with Crippen molar-refractivity contribution in [3.8, 4) is 5.75 Å². The van der Waals surface area contributed by atoms with Crippen LogP contribution < -0.4 is 4.74 Å². The van der Waals surface area contributed by atoms with Crippen molar-refractivity contribution in [2.45, 2.75) is 18.7 Å². The number of ether oxygens (including phenoxy) is 2. The molecule has 0 bridgehead atoms. The maximum Gasteiger partial charge on any atom is 0.339 e. The average molecular weight is 376 g/mol. The lowest BCUT2D eigenvalue weighted by molar-refractivity contribution is -0.137. The van der Waals surface area contributed by atoms with E-state index in [0.29, 0.717) is 11.3 Å². The summed E-state index contributed by atoms with van der Waals surface area (Å²) in [6.45, 7) is 3.67. The molecule has 7 heteroatoms. The van der Waals surface area contributed by atoms with Crippen molar-refractivity contribution < 1.29 is 26.9 Å². The van der Waals surface area contributed by atoms with Crippen LogP contribution >= 0.6 is 0 Å². The number of hydrogen-bond donors (Lipinski definition) is 0. The van der Waals surface area contributed by atoms with Gasteiger partial charge in [0.05, 0.1) is 19.8 Å². The summed E-state index contributed by atoms with van der Waals surface area (Å²) < 4.78 is 40.3. The minimum absolute atomic E-state index is 0.00799. The van der Waals surface area contributed by atoms with E-state index in [4.69, 9.17) is 13.7 Å². The number of benzene rings is 2. The Morgan fingerprint density at radius 1 is 1.04 bits per heavy atom. The van der Waals surface area contributed by atoms with E-state index < -0.39 is 16.1 Å². The molecule has 6 nitrogen and oxygen atoms in total. The van der Waals surface area contributed by atoms with Gasteiger partial charge < -0.3 is 13.7 Å². The second-order valence-electron chi connectivity index (χ2n) is 5.34. The first-order chi connectivity index (χ1) is 12.4. The van der Waals surface area contributed by atoms with E-state index in [2.05, 4.69) is 0 Å². The molecule has 2 aromatic rings. The van der Waals surface area contributed by atoms with Gasteiger partial charge in [-0.2, -0.15) is 8.42 Å². The summed E-state index contributed by atoms with van der Waals surface area (Å²) in [6, 6.07) is 12.7. The first-order valence-corrected chi connectivity index (χ1v) is 9.30. The van der Waals surface area contributed by atoms with Gasteiger partial charge in [-0.15, -0.1) is 0 Å². The van der Waals surface area contributed by atoms with E-state index in [9.17, 15) is 13.2 Å². The van der Waals surface area contributed by atoms with Gasteiger partial charge in [0, 0.05) is 5.56 Å². The van der Waals surface area contributed by atoms with Gasteiger partial charge in [0.25, 0.3) is 0 Å². The smallest absolute Gasteiger partial charge is 0.339 e. The first-order valence-electron chi connectivity index (χ1n) is 7.89.